The minimum atomic E-state index is -0.221. The number of amides is 1. The van der Waals surface area contributed by atoms with Crippen molar-refractivity contribution in [2.75, 3.05) is 20.2 Å². The van der Waals surface area contributed by atoms with Gasteiger partial charge in [0.2, 0.25) is 5.91 Å². The molecule has 0 radical (unpaired) electrons. The van der Waals surface area contributed by atoms with Crippen LogP contribution in [-0.2, 0) is 11.3 Å². The number of likely N-dealkylation sites (tertiary alicyclic amines) is 1. The number of hydrogen-bond donors (Lipinski definition) is 1. The van der Waals surface area contributed by atoms with Crippen molar-refractivity contribution in [2.45, 2.75) is 50.6 Å². The van der Waals surface area contributed by atoms with Crippen molar-refractivity contribution in [1.29, 1.82) is 0 Å². The standard InChI is InChI=1S/C23H29N3O2/c1-17-6-5-7-21(24-17)20-15-26(14-18-9-11-19(28-2)12-10-18)16-23(20)13-4-3-8-22(27)25-23/h5-7,9-12,20H,3-4,8,13-16H2,1-2H3,(H,25,27)/t20-,23+/m0/s1. The fourth-order valence-corrected chi connectivity index (χ4v) is 4.76. The van der Waals surface area contributed by atoms with Gasteiger partial charge in [0.15, 0.2) is 0 Å². The minimum absolute atomic E-state index is 0.182. The monoisotopic (exact) mass is 379 g/mol. The zero-order valence-electron chi connectivity index (χ0n) is 16.8. The van der Waals surface area contributed by atoms with Crippen LogP contribution >= 0.6 is 0 Å². The molecule has 5 heteroatoms. The summed E-state index contributed by atoms with van der Waals surface area (Å²) >= 11 is 0. The van der Waals surface area contributed by atoms with Crippen LogP contribution in [0.3, 0.4) is 0 Å². The zero-order chi connectivity index (χ0) is 19.6. The Labute approximate surface area is 167 Å². The second-order valence-electron chi connectivity index (χ2n) is 8.19. The maximum Gasteiger partial charge on any atom is 0.220 e. The van der Waals surface area contributed by atoms with E-state index < -0.39 is 0 Å². The molecule has 3 heterocycles. The molecule has 2 fully saturated rings. The number of rotatable bonds is 4. The van der Waals surface area contributed by atoms with Crippen molar-refractivity contribution in [3.05, 3.63) is 59.4 Å². The summed E-state index contributed by atoms with van der Waals surface area (Å²) in [5.74, 6) is 1.27. The van der Waals surface area contributed by atoms with Crippen molar-refractivity contribution < 1.29 is 9.53 Å². The van der Waals surface area contributed by atoms with E-state index in [1.165, 1.54) is 5.56 Å². The number of pyridine rings is 1. The Morgan fingerprint density at radius 1 is 1.21 bits per heavy atom. The van der Waals surface area contributed by atoms with Gasteiger partial charge < -0.3 is 10.1 Å². The molecule has 4 rings (SSSR count). The Balaban J connectivity index is 1.61. The third kappa shape index (κ3) is 3.90. The van der Waals surface area contributed by atoms with Crippen LogP contribution in [0.5, 0.6) is 5.75 Å². The number of nitrogens with one attached hydrogen (secondary N) is 1. The van der Waals surface area contributed by atoms with Crippen LogP contribution in [-0.4, -0.2) is 41.5 Å². The number of aromatic nitrogens is 1. The fraction of sp³-hybridized carbons (Fsp3) is 0.478. The summed E-state index contributed by atoms with van der Waals surface area (Å²) < 4.78 is 5.27. The van der Waals surface area contributed by atoms with Gasteiger partial charge in [-0.15, -0.1) is 0 Å². The maximum absolute atomic E-state index is 12.5. The van der Waals surface area contributed by atoms with Crippen molar-refractivity contribution in [3.8, 4) is 5.75 Å². The number of ether oxygens (including phenoxy) is 1. The molecule has 1 N–H and O–H groups in total. The van der Waals surface area contributed by atoms with Gasteiger partial charge in [-0.05, 0) is 49.6 Å². The number of hydrogen-bond acceptors (Lipinski definition) is 4. The number of benzene rings is 1. The van der Waals surface area contributed by atoms with Gasteiger partial charge in [0.1, 0.15) is 5.75 Å². The summed E-state index contributed by atoms with van der Waals surface area (Å²) in [5.41, 5.74) is 3.16. The smallest absolute Gasteiger partial charge is 0.220 e. The number of carbonyl (C=O) groups is 1. The van der Waals surface area contributed by atoms with E-state index in [-0.39, 0.29) is 17.4 Å². The first-order valence-corrected chi connectivity index (χ1v) is 10.2. The number of methoxy groups -OCH3 is 1. The van der Waals surface area contributed by atoms with Crippen molar-refractivity contribution in [2.24, 2.45) is 0 Å². The van der Waals surface area contributed by atoms with E-state index in [9.17, 15) is 4.79 Å². The molecule has 2 atom stereocenters. The van der Waals surface area contributed by atoms with E-state index >= 15 is 0 Å². The van der Waals surface area contributed by atoms with Crippen molar-refractivity contribution in [1.82, 2.24) is 15.2 Å². The lowest BCUT2D eigenvalue weighted by Gasteiger charge is -2.34. The van der Waals surface area contributed by atoms with E-state index in [1.54, 1.807) is 7.11 Å². The molecule has 148 valence electrons. The summed E-state index contributed by atoms with van der Waals surface area (Å²) in [7, 11) is 1.69. The molecule has 1 amide bonds. The highest BCUT2D eigenvalue weighted by molar-refractivity contribution is 5.77. The largest absolute Gasteiger partial charge is 0.497 e. The van der Waals surface area contributed by atoms with Gasteiger partial charge in [-0.3, -0.25) is 14.7 Å². The summed E-state index contributed by atoms with van der Waals surface area (Å²) in [5, 5.41) is 3.42. The number of nitrogens with zero attached hydrogens (tertiary/aromatic N) is 2. The van der Waals surface area contributed by atoms with E-state index in [2.05, 4.69) is 34.5 Å². The van der Waals surface area contributed by atoms with Gasteiger partial charge in [0.05, 0.1) is 12.6 Å². The molecule has 2 aromatic rings. The van der Waals surface area contributed by atoms with Crippen molar-refractivity contribution in [3.63, 3.8) is 0 Å². The second kappa shape index (κ2) is 7.92. The summed E-state index contributed by atoms with van der Waals surface area (Å²) in [6.07, 6.45) is 3.70. The SMILES string of the molecule is COc1ccc(CN2C[C@@H](c3cccc(C)n3)[C@@]3(CCCCC(=O)N3)C2)cc1. The zero-order valence-corrected chi connectivity index (χ0v) is 16.8. The molecule has 2 aliphatic rings. The molecule has 1 spiro atoms. The Hall–Kier alpha value is -2.40. The van der Waals surface area contributed by atoms with Crippen LogP contribution in [0, 0.1) is 6.92 Å². The molecule has 1 aromatic heterocycles. The topological polar surface area (TPSA) is 54.5 Å². The highest BCUT2D eigenvalue weighted by atomic mass is 16.5. The van der Waals surface area contributed by atoms with Gasteiger partial charge in [-0.1, -0.05) is 24.6 Å². The molecule has 0 bridgehead atoms. The van der Waals surface area contributed by atoms with Crippen LogP contribution in [0.2, 0.25) is 0 Å². The molecule has 1 aromatic carbocycles. The second-order valence-corrected chi connectivity index (χ2v) is 8.19. The van der Waals surface area contributed by atoms with Gasteiger partial charge >= 0.3 is 0 Å². The Bertz CT molecular complexity index is 836. The molecule has 28 heavy (non-hydrogen) atoms. The third-order valence-corrected chi connectivity index (χ3v) is 6.11. The first-order valence-electron chi connectivity index (χ1n) is 10.2. The summed E-state index contributed by atoms with van der Waals surface area (Å²) in [6.45, 7) is 4.67. The van der Waals surface area contributed by atoms with Crippen LogP contribution in [0.15, 0.2) is 42.5 Å². The van der Waals surface area contributed by atoms with Gasteiger partial charge in [0.25, 0.3) is 0 Å². The predicted molar refractivity (Wildman–Crippen MR) is 109 cm³/mol. The fourth-order valence-electron chi connectivity index (χ4n) is 4.76. The summed E-state index contributed by atoms with van der Waals surface area (Å²) in [6, 6.07) is 14.5. The predicted octanol–water partition coefficient (Wildman–Crippen LogP) is 3.43. The lowest BCUT2D eigenvalue weighted by Crippen LogP contribution is -2.52. The molecule has 2 saturated heterocycles. The van der Waals surface area contributed by atoms with Gasteiger partial charge in [-0.25, -0.2) is 0 Å². The molecule has 0 unspecified atom stereocenters. The third-order valence-electron chi connectivity index (χ3n) is 6.11. The molecule has 0 saturated carbocycles. The van der Waals surface area contributed by atoms with E-state index in [4.69, 9.17) is 9.72 Å². The lowest BCUT2D eigenvalue weighted by atomic mass is 9.81. The average molecular weight is 380 g/mol. The van der Waals surface area contributed by atoms with Crippen LogP contribution in [0.25, 0.3) is 0 Å². The first kappa shape index (κ1) is 18.9. The van der Waals surface area contributed by atoms with E-state index in [0.29, 0.717) is 6.42 Å². The van der Waals surface area contributed by atoms with Crippen LogP contribution < -0.4 is 10.1 Å². The molecular formula is C23H29N3O2. The maximum atomic E-state index is 12.5. The first-order chi connectivity index (χ1) is 13.6. The normalized spacial score (nSPS) is 25.5. The average Bonchev–Trinajstić information content (AvgIpc) is 2.91. The molecule has 2 aliphatic heterocycles. The van der Waals surface area contributed by atoms with Crippen molar-refractivity contribution >= 4 is 5.91 Å². The Kier molecular flexibility index (Phi) is 5.36. The molecular weight excluding hydrogens is 350 g/mol. The number of carbonyl (C=O) groups excluding carboxylic acids is 1. The van der Waals surface area contributed by atoms with E-state index in [0.717, 1.165) is 56.0 Å². The molecule has 0 aliphatic carbocycles. The summed E-state index contributed by atoms with van der Waals surface area (Å²) in [4.78, 5) is 19.8. The van der Waals surface area contributed by atoms with E-state index in [1.807, 2.05) is 25.1 Å². The molecule has 5 nitrogen and oxygen atoms in total. The highest BCUT2D eigenvalue weighted by Crippen LogP contribution is 2.40. The Morgan fingerprint density at radius 3 is 2.79 bits per heavy atom. The number of aryl methyl sites for hydroxylation is 1. The Morgan fingerprint density at radius 2 is 2.04 bits per heavy atom. The van der Waals surface area contributed by atoms with Gasteiger partial charge in [0, 0.05) is 43.4 Å². The lowest BCUT2D eigenvalue weighted by molar-refractivity contribution is -0.122. The van der Waals surface area contributed by atoms with Crippen LogP contribution in [0.1, 0.15) is 48.6 Å². The van der Waals surface area contributed by atoms with Crippen LogP contribution in [0.4, 0.5) is 0 Å². The quantitative estimate of drug-likeness (QED) is 0.884. The highest BCUT2D eigenvalue weighted by Gasteiger charge is 2.49. The van der Waals surface area contributed by atoms with Gasteiger partial charge in [-0.2, -0.15) is 0 Å². The minimum Gasteiger partial charge on any atom is -0.497 e.